The van der Waals surface area contributed by atoms with Crippen LogP contribution in [0.5, 0.6) is 0 Å². The van der Waals surface area contributed by atoms with E-state index < -0.39 is 23.1 Å². The molecule has 1 aliphatic heterocycles. The number of hydrogen-bond acceptors (Lipinski definition) is 9. The summed E-state index contributed by atoms with van der Waals surface area (Å²) >= 11 is 1.57. The molecule has 0 bridgehead atoms. The maximum atomic E-state index is 13.4. The topological polar surface area (TPSA) is 110 Å². The number of ether oxygens (including phenoxy) is 1. The maximum absolute atomic E-state index is 13.4. The van der Waals surface area contributed by atoms with Crippen molar-refractivity contribution in [2.75, 3.05) is 26.2 Å². The minimum Gasteiger partial charge on any atom is -0.460 e. The van der Waals surface area contributed by atoms with E-state index in [1.54, 1.807) is 23.5 Å². The molecule has 1 fully saturated rings. The Morgan fingerprint density at radius 2 is 1.74 bits per heavy atom. The number of benzene rings is 2. The number of likely N-dealkylation sites (tertiary alicyclic amines) is 1. The van der Waals surface area contributed by atoms with Gasteiger partial charge in [-0.2, -0.15) is 18.2 Å². The second kappa shape index (κ2) is 13.7. The van der Waals surface area contributed by atoms with Crippen molar-refractivity contribution in [2.45, 2.75) is 63.6 Å². The van der Waals surface area contributed by atoms with E-state index in [1.807, 2.05) is 56.5 Å². The van der Waals surface area contributed by atoms with Crippen molar-refractivity contribution in [1.29, 1.82) is 0 Å². The molecule has 0 radical (unpaired) electrons. The summed E-state index contributed by atoms with van der Waals surface area (Å²) in [5.41, 5.74) is 1.43. The standard InChI is InChI=1S/C33H36F3N5O4S/c1-31(2,3)44-26(42)13-8-16-41-17-14-32(15-18-41,30-38-25(20-46-30)22-9-5-4-6-10-22)21-37-28(43)24-12-7-11-23(19-24)27-39-29(45-40-27)33(34,35)36/h4-7,9-12,19-20H,8,13-18,21H2,1-3H3,(H,37,43). The van der Waals surface area contributed by atoms with Gasteiger partial charge in [0.25, 0.3) is 5.91 Å². The number of rotatable bonds is 10. The Morgan fingerprint density at radius 1 is 1.02 bits per heavy atom. The fourth-order valence-corrected chi connectivity index (χ4v) is 6.47. The van der Waals surface area contributed by atoms with Gasteiger partial charge in [0.05, 0.1) is 5.69 Å². The van der Waals surface area contributed by atoms with Crippen LogP contribution in [0.4, 0.5) is 13.2 Å². The molecular weight excluding hydrogens is 619 g/mol. The number of piperidine rings is 1. The highest BCUT2D eigenvalue weighted by molar-refractivity contribution is 7.10. The molecule has 1 saturated heterocycles. The zero-order valence-electron chi connectivity index (χ0n) is 25.9. The van der Waals surface area contributed by atoms with Crippen LogP contribution in [-0.4, -0.2) is 63.7 Å². The van der Waals surface area contributed by atoms with E-state index in [2.05, 4.69) is 24.9 Å². The molecule has 4 aromatic rings. The quantitative estimate of drug-likeness (QED) is 0.187. The van der Waals surface area contributed by atoms with Crippen molar-refractivity contribution in [3.05, 3.63) is 76.4 Å². The predicted octanol–water partition coefficient (Wildman–Crippen LogP) is 6.76. The lowest BCUT2D eigenvalue weighted by Crippen LogP contribution is -2.49. The first kappa shape index (κ1) is 33.3. The van der Waals surface area contributed by atoms with E-state index >= 15 is 0 Å². The number of amides is 1. The first-order chi connectivity index (χ1) is 21.8. The van der Waals surface area contributed by atoms with Gasteiger partial charge in [-0.3, -0.25) is 9.59 Å². The third kappa shape index (κ3) is 8.38. The molecule has 244 valence electrons. The molecule has 2 aromatic heterocycles. The Bertz CT molecular complexity index is 1640. The molecule has 0 unspecified atom stereocenters. The number of halogens is 3. The van der Waals surface area contributed by atoms with Gasteiger partial charge in [-0.15, -0.1) is 11.3 Å². The van der Waals surface area contributed by atoms with E-state index in [0.29, 0.717) is 19.4 Å². The Hall–Kier alpha value is -4.10. The predicted molar refractivity (Wildman–Crippen MR) is 167 cm³/mol. The summed E-state index contributed by atoms with van der Waals surface area (Å²) in [6, 6.07) is 16.0. The molecule has 3 heterocycles. The molecule has 0 saturated carbocycles. The van der Waals surface area contributed by atoms with Crippen molar-refractivity contribution in [3.8, 4) is 22.6 Å². The Balaban J connectivity index is 1.28. The van der Waals surface area contributed by atoms with E-state index in [-0.39, 0.29) is 28.8 Å². The van der Waals surface area contributed by atoms with Crippen LogP contribution in [0.15, 0.2) is 64.5 Å². The van der Waals surface area contributed by atoms with Crippen molar-refractivity contribution < 1.29 is 32.0 Å². The fraction of sp³-hybridized carbons (Fsp3) is 0.424. The number of carbonyl (C=O) groups is 2. The monoisotopic (exact) mass is 655 g/mol. The van der Waals surface area contributed by atoms with Gasteiger partial charge in [-0.05, 0) is 71.8 Å². The van der Waals surface area contributed by atoms with Crippen LogP contribution in [-0.2, 0) is 21.1 Å². The van der Waals surface area contributed by atoms with Crippen LogP contribution in [0, 0.1) is 0 Å². The fourth-order valence-electron chi connectivity index (χ4n) is 5.38. The van der Waals surface area contributed by atoms with Crippen LogP contribution in [0.25, 0.3) is 22.6 Å². The van der Waals surface area contributed by atoms with Crippen molar-refractivity contribution in [2.24, 2.45) is 0 Å². The number of thiazole rings is 1. The summed E-state index contributed by atoms with van der Waals surface area (Å²) < 4.78 is 48.7. The average Bonchev–Trinajstić information content (AvgIpc) is 3.72. The van der Waals surface area contributed by atoms with Gasteiger partial charge >= 0.3 is 18.0 Å². The number of nitrogens with zero attached hydrogens (tertiary/aromatic N) is 4. The SMILES string of the molecule is CC(C)(C)OC(=O)CCCN1CCC(CNC(=O)c2cccc(-c3noc(C(F)(F)F)n3)c2)(c2nc(-c3ccccc3)cs2)CC1. The minimum atomic E-state index is -4.77. The maximum Gasteiger partial charge on any atom is 0.471 e. The first-order valence-corrected chi connectivity index (χ1v) is 15.9. The largest absolute Gasteiger partial charge is 0.471 e. The Labute approximate surface area is 269 Å². The lowest BCUT2D eigenvalue weighted by molar-refractivity contribution is -0.159. The summed E-state index contributed by atoms with van der Waals surface area (Å²) in [5.74, 6) is -2.29. The normalized spacial score (nSPS) is 15.4. The molecule has 0 spiro atoms. The lowest BCUT2D eigenvalue weighted by atomic mass is 9.78. The van der Waals surface area contributed by atoms with E-state index in [0.717, 1.165) is 48.7 Å². The molecule has 5 rings (SSSR count). The molecule has 1 aliphatic rings. The lowest BCUT2D eigenvalue weighted by Gasteiger charge is -2.40. The summed E-state index contributed by atoms with van der Waals surface area (Å²) in [5, 5.41) is 9.46. The highest BCUT2D eigenvalue weighted by Crippen LogP contribution is 2.39. The average molecular weight is 656 g/mol. The first-order valence-electron chi connectivity index (χ1n) is 15.1. The second-order valence-electron chi connectivity index (χ2n) is 12.4. The van der Waals surface area contributed by atoms with Crippen molar-refractivity contribution in [1.82, 2.24) is 25.3 Å². The molecule has 0 aliphatic carbocycles. The van der Waals surface area contributed by atoms with Gasteiger partial charge in [-0.25, -0.2) is 4.98 Å². The molecule has 2 aromatic carbocycles. The molecule has 1 amide bonds. The van der Waals surface area contributed by atoms with Crippen LogP contribution in [0.3, 0.4) is 0 Å². The van der Waals surface area contributed by atoms with Crippen molar-refractivity contribution in [3.63, 3.8) is 0 Å². The van der Waals surface area contributed by atoms with Crippen LogP contribution < -0.4 is 5.32 Å². The van der Waals surface area contributed by atoms with Gasteiger partial charge in [0.1, 0.15) is 10.6 Å². The highest BCUT2D eigenvalue weighted by Gasteiger charge is 2.40. The summed E-state index contributed by atoms with van der Waals surface area (Å²) in [4.78, 5) is 36.3. The zero-order valence-corrected chi connectivity index (χ0v) is 26.7. The van der Waals surface area contributed by atoms with Gasteiger partial charge < -0.3 is 19.5 Å². The Kier molecular flexibility index (Phi) is 9.92. The summed E-state index contributed by atoms with van der Waals surface area (Å²) in [7, 11) is 0. The molecule has 46 heavy (non-hydrogen) atoms. The summed E-state index contributed by atoms with van der Waals surface area (Å²) in [6.45, 7) is 8.17. The van der Waals surface area contributed by atoms with Crippen LogP contribution in [0.1, 0.15) is 67.7 Å². The summed E-state index contributed by atoms with van der Waals surface area (Å²) in [6.07, 6.45) is -2.24. The minimum absolute atomic E-state index is 0.206. The van der Waals surface area contributed by atoms with Crippen LogP contribution in [0.2, 0.25) is 0 Å². The number of nitrogens with one attached hydrogen (secondary N) is 1. The molecule has 13 heteroatoms. The number of carbonyl (C=O) groups excluding carboxylic acids is 2. The smallest absolute Gasteiger partial charge is 0.460 e. The van der Waals surface area contributed by atoms with E-state index in [4.69, 9.17) is 9.72 Å². The van der Waals surface area contributed by atoms with Gasteiger partial charge in [0.2, 0.25) is 5.82 Å². The van der Waals surface area contributed by atoms with Crippen molar-refractivity contribution >= 4 is 23.2 Å². The Morgan fingerprint density at radius 3 is 2.41 bits per heavy atom. The van der Waals surface area contributed by atoms with Gasteiger partial charge in [0.15, 0.2) is 0 Å². The molecule has 9 nitrogen and oxygen atoms in total. The number of esters is 1. The zero-order chi connectivity index (χ0) is 33.0. The van der Waals surface area contributed by atoms with E-state index in [9.17, 15) is 22.8 Å². The van der Waals surface area contributed by atoms with E-state index in [1.165, 1.54) is 12.1 Å². The third-order valence-corrected chi connectivity index (χ3v) is 8.84. The second-order valence-corrected chi connectivity index (χ2v) is 13.3. The number of alkyl halides is 3. The number of aromatic nitrogens is 3. The highest BCUT2D eigenvalue weighted by atomic mass is 32.1. The number of hydrogen-bond donors (Lipinski definition) is 1. The van der Waals surface area contributed by atoms with Gasteiger partial charge in [-0.1, -0.05) is 47.6 Å². The molecule has 1 N–H and O–H groups in total. The molecule has 0 atom stereocenters. The third-order valence-electron chi connectivity index (χ3n) is 7.75. The molecular formula is C33H36F3N5O4S. The van der Waals surface area contributed by atoms with Gasteiger partial charge in [0, 0.05) is 40.5 Å². The van der Waals surface area contributed by atoms with Crippen LogP contribution >= 0.6 is 11.3 Å².